The largest absolute Gasteiger partial charge is 0.308 e. The topological polar surface area (TPSA) is 77.1 Å². The lowest BCUT2D eigenvalue weighted by atomic mass is 9.75. The Morgan fingerprint density at radius 1 is 1.26 bits per heavy atom. The first-order valence-electron chi connectivity index (χ1n) is 9.22. The van der Waals surface area contributed by atoms with Crippen molar-refractivity contribution in [2.75, 3.05) is 0 Å². The molecule has 0 spiro atoms. The molecule has 2 fully saturated rings. The Bertz CT molecular complexity index is 955. The fourth-order valence-corrected chi connectivity index (χ4v) is 8.60. The van der Waals surface area contributed by atoms with Gasteiger partial charge in [-0.15, -0.1) is 11.8 Å². The van der Waals surface area contributed by atoms with Crippen LogP contribution in [0.5, 0.6) is 0 Å². The molecule has 142 valence electrons. The Morgan fingerprint density at radius 2 is 2.00 bits per heavy atom. The summed E-state index contributed by atoms with van der Waals surface area (Å²) in [6.07, 6.45) is 3.85. The van der Waals surface area contributed by atoms with E-state index in [0.29, 0.717) is 17.1 Å². The molecule has 27 heavy (non-hydrogen) atoms. The highest BCUT2D eigenvalue weighted by Crippen LogP contribution is 2.63. The van der Waals surface area contributed by atoms with Crippen LogP contribution < -0.4 is 16.1 Å². The maximum Gasteiger partial charge on any atom is 0.308 e. The van der Waals surface area contributed by atoms with E-state index in [1.54, 1.807) is 4.57 Å². The molecule has 2 aromatic rings. The van der Waals surface area contributed by atoms with Crippen LogP contribution in [0.1, 0.15) is 35.6 Å². The van der Waals surface area contributed by atoms with Crippen LogP contribution in [0.4, 0.5) is 0 Å². The molecule has 2 bridgehead atoms. The van der Waals surface area contributed by atoms with E-state index in [0.717, 1.165) is 20.8 Å². The SMILES string of the molecule is NNC(=O)Cn1c2c(sc1=O)[C@H](c1ccc(Cl)cc1)[C@H]1[C@@H]3CC[C@H](C3)[C@H]1S2. The minimum Gasteiger partial charge on any atom is -0.293 e. The Balaban J connectivity index is 1.65. The number of benzene rings is 1. The van der Waals surface area contributed by atoms with Crippen LogP contribution in [0, 0.1) is 17.8 Å². The third-order valence-electron chi connectivity index (χ3n) is 6.38. The lowest BCUT2D eigenvalue weighted by molar-refractivity contribution is -0.121. The molecular formula is C19H20ClN3O2S2. The molecule has 0 radical (unpaired) electrons. The number of hydrazine groups is 1. The standard InChI is InChI=1S/C19H20ClN3O2S2/c20-12-5-3-9(4-6-12)14-15-10-1-2-11(7-10)16(15)26-18-17(14)27-19(25)23(18)8-13(24)22-21/h3-6,10-11,14-16H,1-2,7-8,21H2,(H,22,24)/t10-,11-,14-,15-,16-/m1/s1. The molecule has 3 N–H and O–H groups in total. The van der Waals surface area contributed by atoms with Crippen molar-refractivity contribution in [1.29, 1.82) is 0 Å². The number of carbonyl (C=O) groups excluding carboxylic acids is 1. The average molecular weight is 422 g/mol. The highest BCUT2D eigenvalue weighted by atomic mass is 35.5. The molecule has 0 saturated heterocycles. The molecule has 1 aromatic carbocycles. The normalized spacial score (nSPS) is 30.8. The van der Waals surface area contributed by atoms with Gasteiger partial charge in [-0.2, -0.15) is 0 Å². The van der Waals surface area contributed by atoms with Gasteiger partial charge in [0.2, 0.25) is 0 Å². The molecule has 2 heterocycles. The molecule has 2 saturated carbocycles. The summed E-state index contributed by atoms with van der Waals surface area (Å²) in [5.74, 6) is 7.09. The fourth-order valence-electron chi connectivity index (χ4n) is 5.32. The molecule has 5 atom stereocenters. The predicted molar refractivity (Wildman–Crippen MR) is 108 cm³/mol. The van der Waals surface area contributed by atoms with E-state index < -0.39 is 0 Å². The average Bonchev–Trinajstić information content (AvgIpc) is 3.35. The molecule has 3 aliphatic rings. The Hall–Kier alpha value is -1.28. The number of thiazole rings is 1. The molecular weight excluding hydrogens is 402 g/mol. The first-order valence-corrected chi connectivity index (χ1v) is 11.3. The Kier molecular flexibility index (Phi) is 4.39. The second kappa shape index (κ2) is 6.65. The number of amides is 1. The van der Waals surface area contributed by atoms with Crippen molar-refractivity contribution in [2.45, 2.75) is 42.0 Å². The van der Waals surface area contributed by atoms with Crippen molar-refractivity contribution in [1.82, 2.24) is 9.99 Å². The van der Waals surface area contributed by atoms with E-state index in [-0.39, 0.29) is 23.2 Å². The van der Waals surface area contributed by atoms with Crippen molar-refractivity contribution in [3.05, 3.63) is 49.4 Å². The Morgan fingerprint density at radius 3 is 2.74 bits per heavy atom. The number of thioether (sulfide) groups is 1. The highest BCUT2D eigenvalue weighted by Gasteiger charge is 2.55. The predicted octanol–water partition coefficient (Wildman–Crippen LogP) is 3.21. The zero-order valence-electron chi connectivity index (χ0n) is 14.6. The maximum atomic E-state index is 12.7. The molecule has 0 unspecified atom stereocenters. The van der Waals surface area contributed by atoms with Gasteiger partial charge in [0.1, 0.15) is 6.54 Å². The number of carbonyl (C=O) groups is 1. The number of halogens is 1. The number of rotatable bonds is 3. The number of hydrogen-bond acceptors (Lipinski definition) is 5. The number of hydrogen-bond donors (Lipinski definition) is 2. The number of nitrogens with one attached hydrogen (secondary N) is 1. The van der Waals surface area contributed by atoms with Gasteiger partial charge in [0.15, 0.2) is 0 Å². The zero-order chi connectivity index (χ0) is 18.7. The van der Waals surface area contributed by atoms with Crippen molar-refractivity contribution in [3.63, 3.8) is 0 Å². The van der Waals surface area contributed by atoms with Gasteiger partial charge in [0, 0.05) is 21.1 Å². The van der Waals surface area contributed by atoms with Crippen LogP contribution in [0.15, 0.2) is 34.1 Å². The maximum absolute atomic E-state index is 12.7. The molecule has 1 aromatic heterocycles. The van der Waals surface area contributed by atoms with Gasteiger partial charge in [-0.3, -0.25) is 19.6 Å². The second-order valence-corrected chi connectivity index (χ2v) is 10.3. The summed E-state index contributed by atoms with van der Waals surface area (Å²) >= 11 is 9.22. The number of aromatic nitrogens is 1. The third kappa shape index (κ3) is 2.78. The van der Waals surface area contributed by atoms with Gasteiger partial charge >= 0.3 is 4.87 Å². The van der Waals surface area contributed by atoms with E-state index in [2.05, 4.69) is 17.6 Å². The molecule has 1 aliphatic heterocycles. The van der Waals surface area contributed by atoms with Crippen molar-refractivity contribution >= 4 is 40.6 Å². The summed E-state index contributed by atoms with van der Waals surface area (Å²) in [4.78, 5) is 25.6. The first kappa shape index (κ1) is 17.8. The summed E-state index contributed by atoms with van der Waals surface area (Å²) in [5.41, 5.74) is 3.36. The lowest BCUT2D eigenvalue weighted by Crippen LogP contribution is -2.37. The number of fused-ring (bicyclic) bond motifs is 6. The van der Waals surface area contributed by atoms with Crippen molar-refractivity contribution < 1.29 is 4.79 Å². The van der Waals surface area contributed by atoms with Gasteiger partial charge in [0.25, 0.3) is 5.91 Å². The van der Waals surface area contributed by atoms with Crippen molar-refractivity contribution in [3.8, 4) is 0 Å². The molecule has 2 aliphatic carbocycles. The minimum atomic E-state index is -0.351. The molecule has 8 heteroatoms. The zero-order valence-corrected chi connectivity index (χ0v) is 16.9. The third-order valence-corrected chi connectivity index (χ3v) is 9.46. The lowest BCUT2D eigenvalue weighted by Gasteiger charge is -2.40. The van der Waals surface area contributed by atoms with Crippen LogP contribution in [-0.4, -0.2) is 15.7 Å². The summed E-state index contributed by atoms with van der Waals surface area (Å²) in [7, 11) is 0. The van der Waals surface area contributed by atoms with E-state index in [4.69, 9.17) is 17.4 Å². The van der Waals surface area contributed by atoms with Crippen molar-refractivity contribution in [2.24, 2.45) is 23.6 Å². The van der Waals surface area contributed by atoms with Crippen LogP contribution in [0.25, 0.3) is 0 Å². The van der Waals surface area contributed by atoms with Gasteiger partial charge in [-0.05, 0) is 54.7 Å². The summed E-state index contributed by atoms with van der Waals surface area (Å²) in [6, 6.07) is 8.05. The number of nitrogens with zero attached hydrogens (tertiary/aromatic N) is 1. The first-order chi connectivity index (χ1) is 13.1. The number of nitrogens with two attached hydrogens (primary N) is 1. The van der Waals surface area contributed by atoms with E-state index >= 15 is 0 Å². The van der Waals surface area contributed by atoms with Crippen LogP contribution in [0.3, 0.4) is 0 Å². The van der Waals surface area contributed by atoms with Gasteiger partial charge in [-0.1, -0.05) is 35.1 Å². The summed E-state index contributed by atoms with van der Waals surface area (Å²) in [6.45, 7) is -0.0208. The monoisotopic (exact) mass is 421 g/mol. The smallest absolute Gasteiger partial charge is 0.293 e. The second-order valence-electron chi connectivity index (χ2n) is 7.71. The molecule has 5 nitrogen and oxygen atoms in total. The van der Waals surface area contributed by atoms with Crippen LogP contribution in [-0.2, 0) is 11.3 Å². The summed E-state index contributed by atoms with van der Waals surface area (Å²) < 4.78 is 1.61. The van der Waals surface area contributed by atoms with E-state index in [1.165, 1.54) is 36.2 Å². The van der Waals surface area contributed by atoms with Gasteiger partial charge in [0.05, 0.1) is 5.03 Å². The highest BCUT2D eigenvalue weighted by molar-refractivity contribution is 8.00. The minimum absolute atomic E-state index is 0.0208. The van der Waals surface area contributed by atoms with Gasteiger partial charge < -0.3 is 0 Å². The molecule has 5 rings (SSSR count). The Labute approximate surface area is 170 Å². The van der Waals surface area contributed by atoms with Crippen LogP contribution >= 0.6 is 34.7 Å². The van der Waals surface area contributed by atoms with E-state index in [1.807, 2.05) is 23.9 Å². The fraction of sp³-hybridized carbons (Fsp3) is 0.474. The van der Waals surface area contributed by atoms with Gasteiger partial charge in [-0.25, -0.2) is 5.84 Å². The quantitative estimate of drug-likeness (QED) is 0.453. The van der Waals surface area contributed by atoms with E-state index in [9.17, 15) is 9.59 Å². The molecule has 1 amide bonds. The van der Waals surface area contributed by atoms with Crippen LogP contribution in [0.2, 0.25) is 5.02 Å². The summed E-state index contributed by atoms with van der Waals surface area (Å²) in [5, 5.41) is 2.19.